The van der Waals surface area contributed by atoms with Gasteiger partial charge in [0.15, 0.2) is 0 Å². The monoisotopic (exact) mass is 396 g/mol. The van der Waals surface area contributed by atoms with Gasteiger partial charge in [0.25, 0.3) is 0 Å². The molecule has 4 rings (SSSR count). The maximum atomic E-state index is 10.5. The van der Waals surface area contributed by atoms with Gasteiger partial charge in [-0.25, -0.2) is 9.97 Å². The summed E-state index contributed by atoms with van der Waals surface area (Å²) < 4.78 is 5.55. The molecule has 0 aliphatic carbocycles. The Kier molecular flexibility index (Phi) is 5.74. The van der Waals surface area contributed by atoms with Crippen molar-refractivity contribution in [3.05, 3.63) is 47.3 Å². The van der Waals surface area contributed by atoms with Crippen molar-refractivity contribution < 1.29 is 9.84 Å². The lowest BCUT2D eigenvalue weighted by molar-refractivity contribution is 0.0853. The van der Waals surface area contributed by atoms with Gasteiger partial charge in [-0.3, -0.25) is 0 Å². The molecule has 156 valence electrons. The third-order valence-corrected chi connectivity index (χ3v) is 6.56. The highest BCUT2D eigenvalue weighted by molar-refractivity contribution is 5.62. The summed E-state index contributed by atoms with van der Waals surface area (Å²) in [5, 5.41) is 14.1. The standard InChI is InChI=1S/C23H32N4O2/c1-14-7-10-24-23(25-14)26-22-15(2)16(3)27(17(4)28)21-6-5-19(13-20(21)22)18-8-11-29-12-9-18/h5-7,10,13,15-18,22,28H,8-9,11-12H2,1-4H3,(H,24,25,26)/t15-,16-,17?,22?/m0/s1. The van der Waals surface area contributed by atoms with E-state index in [-0.39, 0.29) is 18.0 Å². The number of aryl methyl sites for hydroxylation is 1. The molecule has 1 saturated heterocycles. The van der Waals surface area contributed by atoms with E-state index in [4.69, 9.17) is 4.74 Å². The van der Waals surface area contributed by atoms with Crippen molar-refractivity contribution in [2.45, 2.75) is 64.8 Å². The van der Waals surface area contributed by atoms with Gasteiger partial charge in [0.1, 0.15) is 6.23 Å². The topological polar surface area (TPSA) is 70.5 Å². The smallest absolute Gasteiger partial charge is 0.223 e. The highest BCUT2D eigenvalue weighted by Gasteiger charge is 2.38. The average Bonchev–Trinajstić information content (AvgIpc) is 2.72. The van der Waals surface area contributed by atoms with Crippen LogP contribution in [0.5, 0.6) is 0 Å². The molecule has 0 bridgehead atoms. The van der Waals surface area contributed by atoms with Gasteiger partial charge in [-0.1, -0.05) is 19.1 Å². The van der Waals surface area contributed by atoms with Crippen LogP contribution in [0.15, 0.2) is 30.5 Å². The number of rotatable bonds is 4. The third-order valence-electron chi connectivity index (χ3n) is 6.56. The normalized spacial score (nSPS) is 26.1. The Bertz CT molecular complexity index is 851. The van der Waals surface area contributed by atoms with E-state index in [1.807, 2.05) is 19.9 Å². The fourth-order valence-electron chi connectivity index (χ4n) is 4.78. The Labute approximate surface area is 173 Å². The minimum absolute atomic E-state index is 0.0802. The van der Waals surface area contributed by atoms with Gasteiger partial charge in [0.2, 0.25) is 5.95 Å². The fraction of sp³-hybridized carbons (Fsp3) is 0.565. The molecular formula is C23H32N4O2. The molecular weight excluding hydrogens is 364 g/mol. The molecule has 2 N–H and O–H groups in total. The first-order chi connectivity index (χ1) is 14.0. The van der Waals surface area contributed by atoms with E-state index in [9.17, 15) is 5.11 Å². The summed E-state index contributed by atoms with van der Waals surface area (Å²) in [6.45, 7) is 9.89. The van der Waals surface area contributed by atoms with E-state index >= 15 is 0 Å². The number of anilines is 2. The molecule has 1 aromatic carbocycles. The summed E-state index contributed by atoms with van der Waals surface area (Å²) in [7, 11) is 0. The Hall–Kier alpha value is -2.18. The molecule has 2 aromatic rings. The van der Waals surface area contributed by atoms with Crippen molar-refractivity contribution in [2.24, 2.45) is 5.92 Å². The molecule has 0 amide bonds. The van der Waals surface area contributed by atoms with Crippen molar-refractivity contribution in [1.29, 1.82) is 0 Å². The number of hydrogen-bond acceptors (Lipinski definition) is 6. The van der Waals surface area contributed by atoms with Crippen molar-refractivity contribution in [3.8, 4) is 0 Å². The highest BCUT2D eigenvalue weighted by atomic mass is 16.5. The summed E-state index contributed by atoms with van der Waals surface area (Å²) >= 11 is 0. The molecule has 29 heavy (non-hydrogen) atoms. The van der Waals surface area contributed by atoms with E-state index in [0.29, 0.717) is 11.9 Å². The summed E-state index contributed by atoms with van der Waals surface area (Å²) in [4.78, 5) is 11.1. The zero-order valence-electron chi connectivity index (χ0n) is 17.8. The van der Waals surface area contributed by atoms with Crippen LogP contribution in [0, 0.1) is 12.8 Å². The Morgan fingerprint density at radius 3 is 2.66 bits per heavy atom. The summed E-state index contributed by atoms with van der Waals surface area (Å²) in [6.07, 6.45) is 3.37. The third kappa shape index (κ3) is 3.96. The lowest BCUT2D eigenvalue weighted by atomic mass is 9.80. The molecule has 4 atom stereocenters. The van der Waals surface area contributed by atoms with Gasteiger partial charge in [0.05, 0.1) is 6.04 Å². The van der Waals surface area contributed by atoms with Crippen molar-refractivity contribution in [2.75, 3.05) is 23.4 Å². The number of benzene rings is 1. The zero-order chi connectivity index (χ0) is 20.5. The molecule has 0 saturated carbocycles. The SMILES string of the molecule is Cc1ccnc(NC2c3cc(C4CCOCC4)ccc3N(C(C)O)[C@@H](C)[C@@H]2C)n1. The van der Waals surface area contributed by atoms with Crippen LogP contribution in [-0.4, -0.2) is 40.6 Å². The number of nitrogens with one attached hydrogen (secondary N) is 1. The lowest BCUT2D eigenvalue weighted by Crippen LogP contribution is -2.50. The Morgan fingerprint density at radius 2 is 1.97 bits per heavy atom. The van der Waals surface area contributed by atoms with Crippen molar-refractivity contribution in [3.63, 3.8) is 0 Å². The van der Waals surface area contributed by atoms with Crippen LogP contribution in [0.25, 0.3) is 0 Å². The summed E-state index contributed by atoms with van der Waals surface area (Å²) in [5.74, 6) is 1.45. The molecule has 2 aliphatic heterocycles. The van der Waals surface area contributed by atoms with Gasteiger partial charge in [-0.2, -0.15) is 0 Å². The summed E-state index contributed by atoms with van der Waals surface area (Å²) in [6, 6.07) is 8.91. The first-order valence-corrected chi connectivity index (χ1v) is 10.7. The van der Waals surface area contributed by atoms with Gasteiger partial charge in [-0.15, -0.1) is 0 Å². The first-order valence-electron chi connectivity index (χ1n) is 10.7. The van der Waals surface area contributed by atoms with Crippen LogP contribution in [-0.2, 0) is 4.74 Å². The van der Waals surface area contributed by atoms with Crippen LogP contribution in [0.1, 0.15) is 62.4 Å². The van der Waals surface area contributed by atoms with Gasteiger partial charge in [-0.05, 0) is 62.8 Å². The van der Waals surface area contributed by atoms with Crippen molar-refractivity contribution >= 4 is 11.6 Å². The van der Waals surface area contributed by atoms with Crippen LogP contribution in [0.4, 0.5) is 11.6 Å². The number of aliphatic hydroxyl groups is 1. The Balaban J connectivity index is 1.75. The molecule has 2 unspecified atom stereocenters. The molecule has 1 aromatic heterocycles. The maximum absolute atomic E-state index is 10.5. The predicted octanol–water partition coefficient (Wildman–Crippen LogP) is 4.02. The summed E-state index contributed by atoms with van der Waals surface area (Å²) in [5.41, 5.74) is 4.61. The highest BCUT2D eigenvalue weighted by Crippen LogP contribution is 2.44. The number of aliphatic hydroxyl groups excluding tert-OH is 1. The molecule has 3 heterocycles. The lowest BCUT2D eigenvalue weighted by Gasteiger charge is -2.47. The molecule has 6 nitrogen and oxygen atoms in total. The van der Waals surface area contributed by atoms with E-state index in [0.717, 1.165) is 37.4 Å². The molecule has 2 aliphatic rings. The van der Waals surface area contributed by atoms with Crippen LogP contribution < -0.4 is 10.2 Å². The molecule has 1 fully saturated rings. The van der Waals surface area contributed by atoms with Gasteiger partial charge in [0, 0.05) is 42.8 Å². The number of nitrogens with zero attached hydrogens (tertiary/aromatic N) is 3. The minimum atomic E-state index is -0.545. The van der Waals surface area contributed by atoms with Gasteiger partial charge >= 0.3 is 0 Å². The van der Waals surface area contributed by atoms with Crippen LogP contribution in [0.2, 0.25) is 0 Å². The van der Waals surface area contributed by atoms with Crippen molar-refractivity contribution in [1.82, 2.24) is 9.97 Å². The minimum Gasteiger partial charge on any atom is -0.381 e. The number of fused-ring (bicyclic) bond motifs is 1. The molecule has 0 radical (unpaired) electrons. The maximum Gasteiger partial charge on any atom is 0.223 e. The first kappa shape index (κ1) is 20.1. The number of aromatic nitrogens is 2. The molecule has 0 spiro atoms. The second kappa shape index (κ2) is 8.28. The van der Waals surface area contributed by atoms with E-state index < -0.39 is 6.23 Å². The second-order valence-electron chi connectivity index (χ2n) is 8.49. The van der Waals surface area contributed by atoms with E-state index in [1.165, 1.54) is 11.1 Å². The fourth-order valence-corrected chi connectivity index (χ4v) is 4.78. The zero-order valence-corrected chi connectivity index (χ0v) is 17.8. The predicted molar refractivity (Wildman–Crippen MR) is 115 cm³/mol. The largest absolute Gasteiger partial charge is 0.381 e. The number of hydrogen-bond donors (Lipinski definition) is 2. The second-order valence-corrected chi connectivity index (χ2v) is 8.49. The number of ether oxygens (including phenoxy) is 1. The van der Waals surface area contributed by atoms with E-state index in [1.54, 1.807) is 6.20 Å². The van der Waals surface area contributed by atoms with Crippen LogP contribution in [0.3, 0.4) is 0 Å². The Morgan fingerprint density at radius 1 is 1.21 bits per heavy atom. The van der Waals surface area contributed by atoms with E-state index in [2.05, 4.69) is 52.2 Å². The van der Waals surface area contributed by atoms with Crippen LogP contribution >= 0.6 is 0 Å². The molecule has 6 heteroatoms. The quantitative estimate of drug-likeness (QED) is 0.814. The van der Waals surface area contributed by atoms with Gasteiger partial charge < -0.3 is 20.1 Å². The average molecular weight is 397 g/mol.